The second-order valence-corrected chi connectivity index (χ2v) is 7.76. The Labute approximate surface area is 177 Å². The third kappa shape index (κ3) is 4.32. The molecule has 2 aromatic carbocycles. The van der Waals surface area contributed by atoms with Crippen molar-refractivity contribution in [3.8, 4) is 5.69 Å². The Morgan fingerprint density at radius 1 is 0.967 bits per heavy atom. The third-order valence-corrected chi connectivity index (χ3v) is 5.60. The number of para-hydroxylation sites is 3. The van der Waals surface area contributed by atoms with E-state index in [9.17, 15) is 4.79 Å². The molecule has 1 amide bonds. The van der Waals surface area contributed by atoms with Crippen molar-refractivity contribution in [2.45, 2.75) is 33.1 Å². The summed E-state index contributed by atoms with van der Waals surface area (Å²) in [4.78, 5) is 15.1. The van der Waals surface area contributed by atoms with Gasteiger partial charge in [-0.3, -0.25) is 4.79 Å². The number of hydrogen-bond donors (Lipinski definition) is 2. The normalized spacial score (nSPS) is 13.9. The van der Waals surface area contributed by atoms with Crippen molar-refractivity contribution in [2.75, 3.05) is 35.2 Å². The number of carbonyl (C=O) groups is 1. The maximum Gasteiger partial charge on any atom is 0.243 e. The molecule has 3 aromatic rings. The molecule has 1 fully saturated rings. The molecule has 0 unspecified atom stereocenters. The molecule has 0 radical (unpaired) electrons. The number of hydrogen-bond acceptors (Lipinski definition) is 4. The second-order valence-electron chi connectivity index (χ2n) is 7.76. The molecule has 2 N–H and O–H groups in total. The zero-order chi connectivity index (χ0) is 20.9. The number of aromatic nitrogens is 2. The highest BCUT2D eigenvalue weighted by molar-refractivity contribution is 5.95. The molecule has 0 atom stereocenters. The minimum absolute atomic E-state index is 0.0812. The van der Waals surface area contributed by atoms with Crippen molar-refractivity contribution in [1.29, 1.82) is 0 Å². The van der Waals surface area contributed by atoms with Crippen molar-refractivity contribution in [2.24, 2.45) is 0 Å². The maximum atomic E-state index is 12.7. The first-order valence-corrected chi connectivity index (χ1v) is 10.6. The fourth-order valence-corrected chi connectivity index (χ4v) is 4.04. The van der Waals surface area contributed by atoms with Crippen molar-refractivity contribution in [3.63, 3.8) is 0 Å². The van der Waals surface area contributed by atoms with Crippen LogP contribution < -0.4 is 15.5 Å². The van der Waals surface area contributed by atoms with Crippen molar-refractivity contribution >= 4 is 23.0 Å². The Bertz CT molecular complexity index is 1010. The molecule has 4 rings (SSSR count). The standard InChI is InChI=1S/C24H29N5O/c1-18-24(19(2)29(27-18)20-11-5-3-6-12-20)26-23(30)17-25-21-13-7-8-14-22(21)28-15-9-4-10-16-28/h3,5-8,11-14,25H,4,9-10,15-17H2,1-2H3,(H,26,30). The van der Waals surface area contributed by atoms with Gasteiger partial charge >= 0.3 is 0 Å². The average molecular weight is 404 g/mol. The summed E-state index contributed by atoms with van der Waals surface area (Å²) in [5.41, 5.74) is 5.65. The lowest BCUT2D eigenvalue weighted by Crippen LogP contribution is -2.30. The van der Waals surface area contributed by atoms with Gasteiger partial charge in [-0.1, -0.05) is 30.3 Å². The molecule has 30 heavy (non-hydrogen) atoms. The summed E-state index contributed by atoms with van der Waals surface area (Å²) in [6.07, 6.45) is 3.74. The van der Waals surface area contributed by atoms with Crippen LogP contribution in [0.25, 0.3) is 5.69 Å². The van der Waals surface area contributed by atoms with E-state index in [0.29, 0.717) is 0 Å². The zero-order valence-electron chi connectivity index (χ0n) is 17.7. The Kier molecular flexibility index (Phi) is 6.02. The molecule has 6 nitrogen and oxygen atoms in total. The number of rotatable bonds is 6. The van der Waals surface area contributed by atoms with Gasteiger partial charge in [0.25, 0.3) is 0 Å². The summed E-state index contributed by atoms with van der Waals surface area (Å²) < 4.78 is 1.87. The van der Waals surface area contributed by atoms with Crippen LogP contribution in [0.2, 0.25) is 0 Å². The fourth-order valence-electron chi connectivity index (χ4n) is 4.04. The summed E-state index contributed by atoms with van der Waals surface area (Å²) in [7, 11) is 0. The van der Waals surface area contributed by atoms with Gasteiger partial charge in [0.05, 0.1) is 40.7 Å². The quantitative estimate of drug-likeness (QED) is 0.635. The summed E-state index contributed by atoms with van der Waals surface area (Å²) in [6.45, 7) is 6.24. The molecule has 0 aliphatic carbocycles. The van der Waals surface area contributed by atoms with Gasteiger partial charge in [-0.05, 0) is 57.4 Å². The highest BCUT2D eigenvalue weighted by Gasteiger charge is 2.17. The largest absolute Gasteiger partial charge is 0.374 e. The SMILES string of the molecule is Cc1nn(-c2ccccc2)c(C)c1NC(=O)CNc1ccccc1N1CCCCC1. The van der Waals surface area contributed by atoms with Gasteiger partial charge in [-0.25, -0.2) is 4.68 Å². The van der Waals surface area contributed by atoms with E-state index >= 15 is 0 Å². The van der Waals surface area contributed by atoms with E-state index in [1.54, 1.807) is 0 Å². The second kappa shape index (κ2) is 9.03. The van der Waals surface area contributed by atoms with Crippen LogP contribution in [-0.2, 0) is 4.79 Å². The van der Waals surface area contributed by atoms with Crippen molar-refractivity contribution in [3.05, 3.63) is 66.0 Å². The minimum atomic E-state index is -0.0812. The van der Waals surface area contributed by atoms with Crippen LogP contribution in [0.3, 0.4) is 0 Å². The summed E-state index contributed by atoms with van der Waals surface area (Å²) in [5.74, 6) is -0.0812. The fraction of sp³-hybridized carbons (Fsp3) is 0.333. The van der Waals surface area contributed by atoms with Crippen LogP contribution in [-0.4, -0.2) is 35.3 Å². The lowest BCUT2D eigenvalue weighted by atomic mass is 10.1. The Morgan fingerprint density at radius 3 is 2.43 bits per heavy atom. The topological polar surface area (TPSA) is 62.2 Å². The average Bonchev–Trinajstić information content (AvgIpc) is 3.07. The van der Waals surface area contributed by atoms with E-state index in [1.807, 2.05) is 61.0 Å². The van der Waals surface area contributed by atoms with Crippen LogP contribution in [0.15, 0.2) is 54.6 Å². The monoisotopic (exact) mass is 403 g/mol. The minimum Gasteiger partial charge on any atom is -0.374 e. The van der Waals surface area contributed by atoms with E-state index in [2.05, 4.69) is 32.8 Å². The van der Waals surface area contributed by atoms with Crippen LogP contribution in [0.5, 0.6) is 0 Å². The first-order chi connectivity index (χ1) is 14.6. The highest BCUT2D eigenvalue weighted by Crippen LogP contribution is 2.28. The molecule has 0 bridgehead atoms. The van der Waals surface area contributed by atoms with Gasteiger partial charge in [0.15, 0.2) is 0 Å². The van der Waals surface area contributed by atoms with Gasteiger partial charge in [0.2, 0.25) is 5.91 Å². The van der Waals surface area contributed by atoms with E-state index in [1.165, 1.54) is 24.9 Å². The Balaban J connectivity index is 1.44. The first-order valence-electron chi connectivity index (χ1n) is 10.6. The maximum absolute atomic E-state index is 12.7. The predicted molar refractivity (Wildman–Crippen MR) is 123 cm³/mol. The number of piperidine rings is 1. The van der Waals surface area contributed by atoms with E-state index in [0.717, 1.165) is 41.5 Å². The molecule has 156 valence electrons. The first kappa shape index (κ1) is 20.0. The predicted octanol–water partition coefficient (Wildman–Crippen LogP) is 4.53. The van der Waals surface area contributed by atoms with Crippen LogP contribution in [0.1, 0.15) is 30.7 Å². The van der Waals surface area contributed by atoms with Gasteiger partial charge < -0.3 is 15.5 Å². The number of amides is 1. The number of carbonyl (C=O) groups excluding carboxylic acids is 1. The number of nitrogens with zero attached hydrogens (tertiary/aromatic N) is 3. The van der Waals surface area contributed by atoms with Gasteiger partial charge in [-0.2, -0.15) is 5.10 Å². The molecule has 0 saturated carbocycles. The highest BCUT2D eigenvalue weighted by atomic mass is 16.1. The smallest absolute Gasteiger partial charge is 0.243 e. The van der Waals surface area contributed by atoms with E-state index in [-0.39, 0.29) is 12.5 Å². The molecule has 1 saturated heterocycles. The third-order valence-electron chi connectivity index (χ3n) is 5.60. The summed E-state index contributed by atoms with van der Waals surface area (Å²) in [6, 6.07) is 18.2. The summed E-state index contributed by atoms with van der Waals surface area (Å²) in [5, 5.41) is 11.0. The molecular formula is C24H29N5O. The number of nitrogens with one attached hydrogen (secondary N) is 2. The van der Waals surface area contributed by atoms with Crippen molar-refractivity contribution < 1.29 is 4.79 Å². The Morgan fingerprint density at radius 2 is 1.67 bits per heavy atom. The van der Waals surface area contributed by atoms with Crippen molar-refractivity contribution in [1.82, 2.24) is 9.78 Å². The van der Waals surface area contributed by atoms with E-state index in [4.69, 9.17) is 0 Å². The molecule has 1 aliphatic rings. The number of benzene rings is 2. The van der Waals surface area contributed by atoms with Gasteiger partial charge in [0, 0.05) is 13.1 Å². The Hall–Kier alpha value is -3.28. The molecule has 0 spiro atoms. The number of anilines is 3. The number of aryl methyl sites for hydroxylation is 1. The molecule has 1 aromatic heterocycles. The van der Waals surface area contributed by atoms with Gasteiger partial charge in [-0.15, -0.1) is 0 Å². The molecule has 1 aliphatic heterocycles. The lowest BCUT2D eigenvalue weighted by Gasteiger charge is -2.30. The zero-order valence-corrected chi connectivity index (χ0v) is 17.7. The molecule has 2 heterocycles. The molecule has 6 heteroatoms. The van der Waals surface area contributed by atoms with Gasteiger partial charge in [0.1, 0.15) is 0 Å². The lowest BCUT2D eigenvalue weighted by molar-refractivity contribution is -0.114. The van der Waals surface area contributed by atoms with E-state index < -0.39 is 0 Å². The van der Waals surface area contributed by atoms with Crippen LogP contribution in [0.4, 0.5) is 17.1 Å². The van der Waals surface area contributed by atoms with Crippen LogP contribution >= 0.6 is 0 Å². The van der Waals surface area contributed by atoms with Crippen LogP contribution in [0, 0.1) is 13.8 Å². The molecular weight excluding hydrogens is 374 g/mol. The summed E-state index contributed by atoms with van der Waals surface area (Å²) >= 11 is 0.